The third-order valence-electron chi connectivity index (χ3n) is 1.89. The molecule has 15 heavy (non-hydrogen) atoms. The Kier molecular flexibility index (Phi) is 2.82. The molecule has 5 heteroatoms. The normalized spacial score (nSPS) is 12.9. The molecule has 80 valence electrons. The fourth-order valence-corrected chi connectivity index (χ4v) is 1.27. The average molecular weight is 208 g/mol. The van der Waals surface area contributed by atoms with Gasteiger partial charge in [0.15, 0.2) is 5.82 Å². The highest BCUT2D eigenvalue weighted by Crippen LogP contribution is 2.08. The van der Waals surface area contributed by atoms with Gasteiger partial charge in [-0.1, -0.05) is 5.16 Å². The standard InChI is InChI=1S/C10H12N2O3/c1-7(13)5-9-11-10(15-12-9)6-8-3-2-4-14-8/h2-4,7,13H,5-6H2,1H3. The molecule has 5 nitrogen and oxygen atoms in total. The molecule has 0 amide bonds. The quantitative estimate of drug-likeness (QED) is 0.816. The average Bonchev–Trinajstić information content (AvgIpc) is 2.77. The zero-order chi connectivity index (χ0) is 10.7. The summed E-state index contributed by atoms with van der Waals surface area (Å²) in [4.78, 5) is 4.13. The van der Waals surface area contributed by atoms with Crippen LogP contribution < -0.4 is 0 Å². The van der Waals surface area contributed by atoms with Crippen molar-refractivity contribution in [3.63, 3.8) is 0 Å². The van der Waals surface area contributed by atoms with E-state index in [4.69, 9.17) is 14.0 Å². The van der Waals surface area contributed by atoms with Gasteiger partial charge >= 0.3 is 0 Å². The zero-order valence-electron chi connectivity index (χ0n) is 8.38. The highest BCUT2D eigenvalue weighted by atomic mass is 16.5. The van der Waals surface area contributed by atoms with Gasteiger partial charge in [-0.15, -0.1) is 0 Å². The lowest BCUT2D eigenvalue weighted by atomic mass is 10.3. The van der Waals surface area contributed by atoms with Crippen molar-refractivity contribution >= 4 is 0 Å². The van der Waals surface area contributed by atoms with E-state index in [2.05, 4.69) is 10.1 Å². The lowest BCUT2D eigenvalue weighted by Crippen LogP contribution is -2.05. The number of rotatable bonds is 4. The molecule has 0 saturated heterocycles. The number of hydrogen-bond acceptors (Lipinski definition) is 5. The minimum absolute atomic E-state index is 0.404. The second-order valence-electron chi connectivity index (χ2n) is 3.41. The van der Waals surface area contributed by atoms with E-state index in [1.54, 1.807) is 13.2 Å². The SMILES string of the molecule is CC(O)Cc1noc(Cc2ccco2)n1. The van der Waals surface area contributed by atoms with Crippen LogP contribution in [0.4, 0.5) is 0 Å². The van der Waals surface area contributed by atoms with Crippen molar-refractivity contribution in [3.05, 3.63) is 35.9 Å². The Bertz CT molecular complexity index is 406. The van der Waals surface area contributed by atoms with E-state index in [1.165, 1.54) is 0 Å². The molecule has 0 bridgehead atoms. The first-order valence-electron chi connectivity index (χ1n) is 4.76. The predicted molar refractivity (Wildman–Crippen MR) is 51.2 cm³/mol. The molecule has 0 aromatic carbocycles. The molecule has 0 spiro atoms. The summed E-state index contributed by atoms with van der Waals surface area (Å²) >= 11 is 0. The van der Waals surface area contributed by atoms with Gasteiger partial charge < -0.3 is 14.0 Å². The van der Waals surface area contributed by atoms with Crippen molar-refractivity contribution in [2.75, 3.05) is 0 Å². The summed E-state index contributed by atoms with van der Waals surface area (Å²) in [5.74, 6) is 1.80. The monoisotopic (exact) mass is 208 g/mol. The van der Waals surface area contributed by atoms with Crippen LogP contribution in [0.25, 0.3) is 0 Å². The first-order valence-corrected chi connectivity index (χ1v) is 4.76. The molecule has 0 aliphatic rings. The molecular formula is C10H12N2O3. The molecule has 0 saturated carbocycles. The van der Waals surface area contributed by atoms with E-state index in [0.717, 1.165) is 5.76 Å². The molecule has 1 N–H and O–H groups in total. The molecule has 2 aromatic rings. The fraction of sp³-hybridized carbons (Fsp3) is 0.400. The number of aliphatic hydroxyl groups excluding tert-OH is 1. The van der Waals surface area contributed by atoms with Crippen molar-refractivity contribution in [2.24, 2.45) is 0 Å². The van der Waals surface area contributed by atoms with Crippen LogP contribution in [0.2, 0.25) is 0 Å². The van der Waals surface area contributed by atoms with Gasteiger partial charge in [-0.2, -0.15) is 4.98 Å². The molecule has 2 aromatic heterocycles. The summed E-state index contributed by atoms with van der Waals surface area (Å²) in [6.07, 6.45) is 2.03. The molecule has 2 rings (SSSR count). The molecule has 0 aliphatic heterocycles. The van der Waals surface area contributed by atoms with E-state index >= 15 is 0 Å². The summed E-state index contributed by atoms with van der Waals surface area (Å²) in [5.41, 5.74) is 0. The minimum atomic E-state index is -0.459. The molecule has 0 aliphatic carbocycles. The summed E-state index contributed by atoms with van der Waals surface area (Å²) in [5, 5.41) is 12.9. The predicted octanol–water partition coefficient (Wildman–Crippen LogP) is 1.18. The second kappa shape index (κ2) is 4.27. The maximum atomic E-state index is 9.13. The smallest absolute Gasteiger partial charge is 0.234 e. The van der Waals surface area contributed by atoms with Crippen LogP contribution >= 0.6 is 0 Å². The highest BCUT2D eigenvalue weighted by Gasteiger charge is 2.10. The Labute approximate surface area is 86.7 Å². The van der Waals surface area contributed by atoms with Gasteiger partial charge in [0.2, 0.25) is 5.89 Å². The Morgan fingerprint density at radius 2 is 2.40 bits per heavy atom. The summed E-state index contributed by atoms with van der Waals surface area (Å²) in [6, 6.07) is 3.65. The van der Waals surface area contributed by atoms with Crippen LogP contribution in [0.5, 0.6) is 0 Å². The topological polar surface area (TPSA) is 72.3 Å². The van der Waals surface area contributed by atoms with Gasteiger partial charge in [0.1, 0.15) is 5.76 Å². The van der Waals surface area contributed by atoms with E-state index in [9.17, 15) is 0 Å². The van der Waals surface area contributed by atoms with Crippen LogP contribution in [-0.2, 0) is 12.8 Å². The van der Waals surface area contributed by atoms with E-state index in [-0.39, 0.29) is 0 Å². The van der Waals surface area contributed by atoms with Crippen LogP contribution in [0, 0.1) is 0 Å². The Morgan fingerprint density at radius 1 is 1.53 bits per heavy atom. The molecule has 1 atom stereocenters. The van der Waals surface area contributed by atoms with E-state index < -0.39 is 6.10 Å². The van der Waals surface area contributed by atoms with Gasteiger partial charge in [-0.05, 0) is 19.1 Å². The first-order chi connectivity index (χ1) is 7.24. The molecular weight excluding hydrogens is 196 g/mol. The van der Waals surface area contributed by atoms with Crippen molar-refractivity contribution < 1.29 is 14.0 Å². The summed E-state index contributed by atoms with van der Waals surface area (Å²) in [7, 11) is 0. The van der Waals surface area contributed by atoms with Gasteiger partial charge in [-0.3, -0.25) is 0 Å². The fourth-order valence-electron chi connectivity index (χ4n) is 1.27. The van der Waals surface area contributed by atoms with Crippen molar-refractivity contribution in [3.8, 4) is 0 Å². The van der Waals surface area contributed by atoms with Gasteiger partial charge in [-0.25, -0.2) is 0 Å². The number of furan rings is 1. The molecule has 0 radical (unpaired) electrons. The number of hydrogen-bond donors (Lipinski definition) is 1. The largest absolute Gasteiger partial charge is 0.469 e. The van der Waals surface area contributed by atoms with E-state index in [0.29, 0.717) is 24.6 Å². The van der Waals surface area contributed by atoms with Gasteiger partial charge in [0, 0.05) is 6.42 Å². The first kappa shape index (κ1) is 9.92. The maximum Gasteiger partial charge on any atom is 0.234 e. The number of nitrogens with zero attached hydrogens (tertiary/aromatic N) is 2. The Hall–Kier alpha value is -1.62. The van der Waals surface area contributed by atoms with Crippen molar-refractivity contribution in [1.29, 1.82) is 0 Å². The van der Waals surface area contributed by atoms with E-state index in [1.807, 2.05) is 12.1 Å². The van der Waals surface area contributed by atoms with Crippen molar-refractivity contribution in [2.45, 2.75) is 25.9 Å². The zero-order valence-corrected chi connectivity index (χ0v) is 8.38. The minimum Gasteiger partial charge on any atom is -0.469 e. The lowest BCUT2D eigenvalue weighted by Gasteiger charge is -1.95. The molecule has 1 unspecified atom stereocenters. The third-order valence-corrected chi connectivity index (χ3v) is 1.89. The van der Waals surface area contributed by atoms with Crippen LogP contribution in [0.1, 0.15) is 24.4 Å². The van der Waals surface area contributed by atoms with Crippen LogP contribution in [-0.4, -0.2) is 21.4 Å². The summed E-state index contributed by atoms with van der Waals surface area (Å²) in [6.45, 7) is 1.68. The molecule has 2 heterocycles. The van der Waals surface area contributed by atoms with Gasteiger partial charge in [0.25, 0.3) is 0 Å². The second-order valence-corrected chi connectivity index (χ2v) is 3.41. The highest BCUT2D eigenvalue weighted by molar-refractivity contribution is 5.04. The van der Waals surface area contributed by atoms with Crippen LogP contribution in [0.3, 0.4) is 0 Å². The third kappa shape index (κ3) is 2.66. The number of aromatic nitrogens is 2. The Morgan fingerprint density at radius 3 is 3.07 bits per heavy atom. The number of aliphatic hydroxyl groups is 1. The van der Waals surface area contributed by atoms with Crippen LogP contribution in [0.15, 0.2) is 27.3 Å². The molecule has 0 fully saturated rings. The summed E-state index contributed by atoms with van der Waals surface area (Å²) < 4.78 is 10.2. The van der Waals surface area contributed by atoms with Crippen molar-refractivity contribution in [1.82, 2.24) is 10.1 Å². The maximum absolute atomic E-state index is 9.13. The Balaban J connectivity index is 2.01. The lowest BCUT2D eigenvalue weighted by molar-refractivity contribution is 0.191. The van der Waals surface area contributed by atoms with Gasteiger partial charge in [0.05, 0.1) is 18.8 Å².